The Morgan fingerprint density at radius 2 is 1.89 bits per heavy atom. The molecule has 0 aliphatic carbocycles. The number of carboxylic acids is 1. The molecule has 0 radical (unpaired) electrons. The Bertz CT molecular complexity index is 1010. The second-order valence-corrected chi connectivity index (χ2v) is 6.89. The number of Topliss-reactive ketones (excluding diaryl/α,β-unsaturated/α-hetero) is 1. The molecule has 1 aromatic carbocycles. The number of aromatic nitrogens is 2. The summed E-state index contributed by atoms with van der Waals surface area (Å²) in [5.74, 6) is -0.818. The summed E-state index contributed by atoms with van der Waals surface area (Å²) in [5, 5.41) is 9.30. The van der Waals surface area contributed by atoms with Gasteiger partial charge in [-0.25, -0.2) is 4.98 Å². The van der Waals surface area contributed by atoms with Crippen molar-refractivity contribution in [1.29, 1.82) is 0 Å². The molecule has 0 unspecified atom stereocenters. The van der Waals surface area contributed by atoms with Crippen LogP contribution in [0.4, 0.5) is 0 Å². The van der Waals surface area contributed by atoms with Gasteiger partial charge in [0, 0.05) is 18.5 Å². The van der Waals surface area contributed by atoms with Crippen molar-refractivity contribution in [2.75, 3.05) is 6.61 Å². The van der Waals surface area contributed by atoms with Gasteiger partial charge in [-0.3, -0.25) is 14.0 Å². The maximum absolute atomic E-state index is 13.2. The van der Waals surface area contributed by atoms with Crippen LogP contribution in [0.3, 0.4) is 0 Å². The number of nitrogens with zero attached hydrogens (tertiary/aromatic N) is 2. The Morgan fingerprint density at radius 1 is 1.18 bits per heavy atom. The lowest BCUT2D eigenvalue weighted by Gasteiger charge is -2.15. The number of rotatable bonds is 8. The maximum atomic E-state index is 13.2. The van der Waals surface area contributed by atoms with E-state index in [4.69, 9.17) is 4.74 Å². The molecule has 6 nitrogen and oxygen atoms in total. The number of imidazole rings is 1. The van der Waals surface area contributed by atoms with E-state index in [0.29, 0.717) is 29.4 Å². The van der Waals surface area contributed by atoms with Crippen molar-refractivity contribution in [3.8, 4) is 5.75 Å². The van der Waals surface area contributed by atoms with Crippen LogP contribution in [0.2, 0.25) is 0 Å². The lowest BCUT2D eigenvalue weighted by atomic mass is 9.90. The average Bonchev–Trinajstić information content (AvgIpc) is 2.97. The Morgan fingerprint density at radius 3 is 2.54 bits per heavy atom. The van der Waals surface area contributed by atoms with Gasteiger partial charge in [0.1, 0.15) is 5.69 Å². The van der Waals surface area contributed by atoms with Crippen molar-refractivity contribution in [3.05, 3.63) is 65.1 Å². The van der Waals surface area contributed by atoms with Crippen molar-refractivity contribution in [3.63, 3.8) is 0 Å². The summed E-state index contributed by atoms with van der Waals surface area (Å²) >= 11 is 0. The second-order valence-electron chi connectivity index (χ2n) is 6.89. The summed E-state index contributed by atoms with van der Waals surface area (Å²) in [4.78, 5) is 29.1. The summed E-state index contributed by atoms with van der Waals surface area (Å²) < 4.78 is 7.44. The number of carbonyl (C=O) groups is 2. The Labute approximate surface area is 163 Å². The highest BCUT2D eigenvalue weighted by atomic mass is 16.5. The highest BCUT2D eigenvalue weighted by molar-refractivity contribution is 5.97. The summed E-state index contributed by atoms with van der Waals surface area (Å²) in [5.41, 5.74) is 3.48. The van der Waals surface area contributed by atoms with E-state index in [2.05, 4.69) is 4.98 Å². The number of carbonyl (C=O) groups excluding carboxylic acids is 1. The Kier molecular flexibility index (Phi) is 5.78. The molecular formula is C22H24N2O4. The van der Waals surface area contributed by atoms with E-state index < -0.39 is 11.9 Å². The third-order valence-electron chi connectivity index (χ3n) is 4.69. The topological polar surface area (TPSA) is 80.9 Å². The third kappa shape index (κ3) is 4.06. The molecule has 28 heavy (non-hydrogen) atoms. The van der Waals surface area contributed by atoms with Crippen molar-refractivity contribution >= 4 is 17.4 Å². The minimum Gasteiger partial charge on any atom is -0.490 e. The van der Waals surface area contributed by atoms with E-state index in [0.717, 1.165) is 11.1 Å². The van der Waals surface area contributed by atoms with Crippen LogP contribution in [-0.4, -0.2) is 32.9 Å². The maximum Gasteiger partial charge on any atom is 0.303 e. The van der Waals surface area contributed by atoms with Crippen LogP contribution >= 0.6 is 0 Å². The Hall–Kier alpha value is -3.15. The molecule has 0 spiro atoms. The average molecular weight is 380 g/mol. The van der Waals surface area contributed by atoms with Gasteiger partial charge in [0.25, 0.3) is 0 Å². The minimum atomic E-state index is -0.925. The van der Waals surface area contributed by atoms with E-state index in [1.807, 2.05) is 56.4 Å². The zero-order valence-electron chi connectivity index (χ0n) is 16.3. The van der Waals surface area contributed by atoms with Crippen LogP contribution in [0.5, 0.6) is 5.75 Å². The zero-order valence-corrected chi connectivity index (χ0v) is 16.3. The van der Waals surface area contributed by atoms with E-state index >= 15 is 0 Å². The summed E-state index contributed by atoms with van der Waals surface area (Å²) in [7, 11) is 0. The van der Waals surface area contributed by atoms with Gasteiger partial charge in [-0.1, -0.05) is 30.3 Å². The first-order valence-electron chi connectivity index (χ1n) is 9.32. The Balaban J connectivity index is 2.00. The van der Waals surface area contributed by atoms with E-state index in [1.54, 1.807) is 11.3 Å². The summed E-state index contributed by atoms with van der Waals surface area (Å²) in [6, 6.07) is 11.2. The number of benzene rings is 1. The first-order chi connectivity index (χ1) is 13.4. The van der Waals surface area contributed by atoms with Gasteiger partial charge in [-0.2, -0.15) is 0 Å². The number of ether oxygens (including phenoxy) is 1. The fraction of sp³-hybridized carbons (Fsp3) is 0.318. The van der Waals surface area contributed by atoms with E-state index in [-0.39, 0.29) is 18.6 Å². The van der Waals surface area contributed by atoms with Gasteiger partial charge in [-0.05, 0) is 38.0 Å². The first-order valence-corrected chi connectivity index (χ1v) is 9.32. The van der Waals surface area contributed by atoms with Crippen molar-refractivity contribution in [2.45, 2.75) is 39.5 Å². The lowest BCUT2D eigenvalue weighted by molar-refractivity contribution is -0.137. The molecule has 2 heterocycles. The molecule has 3 aromatic rings. The smallest absolute Gasteiger partial charge is 0.303 e. The van der Waals surface area contributed by atoms with Crippen LogP contribution in [0.1, 0.15) is 53.0 Å². The van der Waals surface area contributed by atoms with Crippen LogP contribution in [0, 0.1) is 13.8 Å². The normalized spacial score (nSPS) is 12.1. The highest BCUT2D eigenvalue weighted by Crippen LogP contribution is 2.29. The summed E-state index contributed by atoms with van der Waals surface area (Å²) in [6.07, 6.45) is 1.86. The highest BCUT2D eigenvalue weighted by Gasteiger charge is 2.25. The van der Waals surface area contributed by atoms with E-state index in [1.165, 1.54) is 0 Å². The molecule has 0 aliphatic heterocycles. The molecule has 0 amide bonds. The van der Waals surface area contributed by atoms with Gasteiger partial charge >= 0.3 is 5.97 Å². The van der Waals surface area contributed by atoms with Crippen molar-refractivity contribution < 1.29 is 19.4 Å². The lowest BCUT2D eigenvalue weighted by Crippen LogP contribution is -2.14. The predicted molar refractivity (Wildman–Crippen MR) is 106 cm³/mol. The molecule has 0 fully saturated rings. The van der Waals surface area contributed by atoms with Crippen LogP contribution in [-0.2, 0) is 4.79 Å². The van der Waals surface area contributed by atoms with Gasteiger partial charge in [0.05, 0.1) is 18.7 Å². The fourth-order valence-electron chi connectivity index (χ4n) is 3.52. The molecule has 146 valence electrons. The number of fused-ring (bicyclic) bond motifs is 1. The molecular weight excluding hydrogens is 356 g/mol. The van der Waals surface area contributed by atoms with E-state index in [9.17, 15) is 14.7 Å². The van der Waals surface area contributed by atoms with Gasteiger partial charge in [0.15, 0.2) is 17.2 Å². The molecule has 0 saturated heterocycles. The molecule has 0 aliphatic rings. The minimum absolute atomic E-state index is 0.100. The molecule has 0 bridgehead atoms. The number of carboxylic acid groups (broad SMARTS) is 1. The summed E-state index contributed by atoms with van der Waals surface area (Å²) in [6.45, 7) is 6.13. The van der Waals surface area contributed by atoms with Crippen molar-refractivity contribution in [2.24, 2.45) is 0 Å². The number of aliphatic carboxylic acids is 1. The number of pyridine rings is 1. The molecule has 6 heteroatoms. The molecule has 2 aromatic heterocycles. The molecule has 1 atom stereocenters. The molecule has 3 rings (SSSR count). The van der Waals surface area contributed by atoms with Crippen LogP contribution in [0.15, 0.2) is 42.6 Å². The monoisotopic (exact) mass is 380 g/mol. The first kappa shape index (κ1) is 19.6. The van der Waals surface area contributed by atoms with Gasteiger partial charge in [0.2, 0.25) is 0 Å². The van der Waals surface area contributed by atoms with Gasteiger partial charge < -0.3 is 9.84 Å². The fourth-order valence-corrected chi connectivity index (χ4v) is 3.52. The van der Waals surface area contributed by atoms with Crippen LogP contribution < -0.4 is 4.74 Å². The third-order valence-corrected chi connectivity index (χ3v) is 4.69. The van der Waals surface area contributed by atoms with Gasteiger partial charge in [-0.15, -0.1) is 0 Å². The second kappa shape index (κ2) is 8.25. The number of hydrogen-bond donors (Lipinski definition) is 1. The SMILES string of the molecule is CCOc1cc(C)cn2c(C(=O)C[C@@H](CC(=O)O)c3ccccc3)c(C)nc12. The van der Waals surface area contributed by atoms with Crippen molar-refractivity contribution in [1.82, 2.24) is 9.38 Å². The molecule has 0 saturated carbocycles. The zero-order chi connectivity index (χ0) is 20.3. The number of ketones is 1. The molecule has 1 N–H and O–H groups in total. The van der Waals surface area contributed by atoms with Crippen LogP contribution in [0.25, 0.3) is 5.65 Å². The standard InChI is InChI=1S/C22H24N2O4/c1-4-28-19-10-14(2)13-24-21(15(3)23-22(19)24)18(25)11-17(12-20(26)27)16-8-6-5-7-9-16/h5-10,13,17H,4,11-12H2,1-3H3,(H,26,27)/t17-/m0/s1. The number of aryl methyl sites for hydroxylation is 2. The largest absolute Gasteiger partial charge is 0.490 e. The predicted octanol–water partition coefficient (Wildman–Crippen LogP) is 4.18. The number of hydrogen-bond acceptors (Lipinski definition) is 4. The quantitative estimate of drug-likeness (QED) is 0.593.